The number of imidazole rings is 1. The van der Waals surface area contributed by atoms with E-state index < -0.39 is 0 Å². The minimum absolute atomic E-state index is 0.0248. The molecular formula is C26H23N3O4. The lowest BCUT2D eigenvalue weighted by Crippen LogP contribution is -2.32. The standard InChI is InChI=1S/C26H23N3O4/c1-31-21-10-9-15(14-23(21)32-2)16-12-18-24(20(30)13-16)25(22-8-5-11-33-22)29-19-7-4-3-6-17(19)27-26(29)28-18/h3-11,14,16,25H,12-13H2,1-2H3,(H,27,28). The van der Waals surface area contributed by atoms with E-state index in [4.69, 9.17) is 18.9 Å². The van der Waals surface area contributed by atoms with Crippen LogP contribution < -0.4 is 14.8 Å². The van der Waals surface area contributed by atoms with Gasteiger partial charge in [0.1, 0.15) is 11.8 Å². The fraction of sp³-hybridized carbons (Fsp3) is 0.231. The van der Waals surface area contributed by atoms with Crippen LogP contribution in [0.15, 0.2) is 76.5 Å². The Hall–Kier alpha value is -4.00. The number of fused-ring (bicyclic) bond motifs is 3. The lowest BCUT2D eigenvalue weighted by atomic mass is 9.78. The van der Waals surface area contributed by atoms with Gasteiger partial charge < -0.3 is 19.2 Å². The number of anilines is 1. The molecule has 2 unspecified atom stereocenters. The average molecular weight is 441 g/mol. The van der Waals surface area contributed by atoms with Crippen LogP contribution in [-0.2, 0) is 4.79 Å². The third kappa shape index (κ3) is 3.03. The number of carbonyl (C=O) groups is 1. The smallest absolute Gasteiger partial charge is 0.209 e. The Morgan fingerprint density at radius 3 is 2.67 bits per heavy atom. The molecule has 166 valence electrons. The number of hydrogen-bond acceptors (Lipinski definition) is 6. The van der Waals surface area contributed by atoms with Gasteiger partial charge in [-0.25, -0.2) is 4.98 Å². The quantitative estimate of drug-likeness (QED) is 0.477. The second-order valence-electron chi connectivity index (χ2n) is 8.37. The number of allylic oxidation sites excluding steroid dienone is 2. The van der Waals surface area contributed by atoms with E-state index in [1.165, 1.54) is 0 Å². The van der Waals surface area contributed by atoms with Crippen LogP contribution in [0.2, 0.25) is 0 Å². The molecule has 0 fully saturated rings. The average Bonchev–Trinajstić information content (AvgIpc) is 3.50. The number of benzene rings is 2. The van der Waals surface area contributed by atoms with Gasteiger partial charge in [0.05, 0.1) is 31.5 Å². The number of para-hydroxylation sites is 2. The number of rotatable bonds is 4. The van der Waals surface area contributed by atoms with Crippen molar-refractivity contribution in [1.82, 2.24) is 9.55 Å². The highest BCUT2D eigenvalue weighted by Crippen LogP contribution is 2.46. The number of ketones is 1. The molecule has 1 aliphatic carbocycles. The Kier molecular flexibility index (Phi) is 4.50. The second-order valence-corrected chi connectivity index (χ2v) is 8.37. The van der Waals surface area contributed by atoms with Crippen molar-refractivity contribution in [3.8, 4) is 11.5 Å². The van der Waals surface area contributed by atoms with Crippen LogP contribution >= 0.6 is 0 Å². The molecule has 7 nitrogen and oxygen atoms in total. The summed E-state index contributed by atoms with van der Waals surface area (Å²) in [4.78, 5) is 18.4. The molecule has 3 heterocycles. The summed E-state index contributed by atoms with van der Waals surface area (Å²) in [5.74, 6) is 2.91. The predicted molar refractivity (Wildman–Crippen MR) is 124 cm³/mol. The summed E-state index contributed by atoms with van der Waals surface area (Å²) in [5.41, 5.74) is 4.53. The molecule has 33 heavy (non-hydrogen) atoms. The van der Waals surface area contributed by atoms with Gasteiger partial charge in [0.25, 0.3) is 0 Å². The Morgan fingerprint density at radius 2 is 1.88 bits per heavy atom. The number of nitrogens with zero attached hydrogens (tertiary/aromatic N) is 2. The van der Waals surface area contributed by atoms with Gasteiger partial charge in [-0.2, -0.15) is 0 Å². The number of furan rings is 1. The van der Waals surface area contributed by atoms with Crippen LogP contribution in [0, 0.1) is 0 Å². The van der Waals surface area contributed by atoms with Gasteiger partial charge in [0, 0.05) is 17.7 Å². The lowest BCUT2D eigenvalue weighted by Gasteiger charge is -2.35. The number of carbonyl (C=O) groups excluding carboxylic acids is 1. The van der Waals surface area contributed by atoms with E-state index in [1.807, 2.05) is 54.6 Å². The van der Waals surface area contributed by atoms with Crippen molar-refractivity contribution in [1.29, 1.82) is 0 Å². The summed E-state index contributed by atoms with van der Waals surface area (Å²) in [6.45, 7) is 0. The molecule has 1 aliphatic heterocycles. The Bertz CT molecular complexity index is 1400. The number of ether oxygens (including phenoxy) is 2. The van der Waals surface area contributed by atoms with Gasteiger partial charge in [0.15, 0.2) is 17.3 Å². The van der Waals surface area contributed by atoms with Crippen molar-refractivity contribution in [2.24, 2.45) is 0 Å². The maximum atomic E-state index is 13.6. The predicted octanol–water partition coefficient (Wildman–Crippen LogP) is 5.06. The SMILES string of the molecule is COc1ccc(C2CC(=O)C3=C(C2)Nc2nc4ccccc4n2C3c2ccco2)cc1OC. The van der Waals surface area contributed by atoms with Gasteiger partial charge in [-0.1, -0.05) is 18.2 Å². The first-order chi connectivity index (χ1) is 16.2. The van der Waals surface area contributed by atoms with E-state index >= 15 is 0 Å². The van der Waals surface area contributed by atoms with E-state index in [2.05, 4.69) is 9.88 Å². The van der Waals surface area contributed by atoms with Crippen molar-refractivity contribution >= 4 is 22.8 Å². The number of hydrogen-bond donors (Lipinski definition) is 1. The highest BCUT2D eigenvalue weighted by Gasteiger charge is 2.40. The Balaban J connectivity index is 1.46. The molecule has 0 saturated carbocycles. The number of aromatic nitrogens is 2. The zero-order valence-electron chi connectivity index (χ0n) is 18.4. The minimum atomic E-state index is -0.350. The topological polar surface area (TPSA) is 78.5 Å². The molecule has 7 heteroatoms. The zero-order chi connectivity index (χ0) is 22.5. The van der Waals surface area contributed by atoms with Crippen LogP contribution in [0.5, 0.6) is 11.5 Å². The molecule has 0 radical (unpaired) electrons. The number of Topliss-reactive ketones (excluding diaryl/α,β-unsaturated/α-hetero) is 1. The van der Waals surface area contributed by atoms with Gasteiger partial charge in [-0.05, 0) is 54.3 Å². The van der Waals surface area contributed by atoms with Crippen molar-refractivity contribution in [2.75, 3.05) is 19.5 Å². The third-order valence-corrected chi connectivity index (χ3v) is 6.59. The third-order valence-electron chi connectivity index (χ3n) is 6.59. The summed E-state index contributed by atoms with van der Waals surface area (Å²) in [5, 5.41) is 3.47. The molecule has 2 atom stereocenters. The van der Waals surface area contributed by atoms with Gasteiger partial charge in [-0.15, -0.1) is 0 Å². The lowest BCUT2D eigenvalue weighted by molar-refractivity contribution is -0.116. The molecule has 0 bridgehead atoms. The normalized spacial score (nSPS) is 19.8. The first kappa shape index (κ1) is 19.7. The molecule has 0 saturated heterocycles. The van der Waals surface area contributed by atoms with Crippen LogP contribution in [0.3, 0.4) is 0 Å². The maximum absolute atomic E-state index is 13.6. The van der Waals surface area contributed by atoms with E-state index in [-0.39, 0.29) is 17.7 Å². The molecule has 6 rings (SSSR count). The first-order valence-electron chi connectivity index (χ1n) is 10.9. The van der Waals surface area contributed by atoms with Gasteiger partial charge >= 0.3 is 0 Å². The summed E-state index contributed by atoms with van der Waals surface area (Å²) < 4.78 is 18.7. The second kappa shape index (κ2) is 7.55. The summed E-state index contributed by atoms with van der Waals surface area (Å²) in [6.07, 6.45) is 2.75. The fourth-order valence-electron chi connectivity index (χ4n) is 5.08. The van der Waals surface area contributed by atoms with Crippen molar-refractivity contribution in [2.45, 2.75) is 24.8 Å². The molecule has 2 aromatic carbocycles. The van der Waals surface area contributed by atoms with E-state index in [0.29, 0.717) is 24.3 Å². The minimum Gasteiger partial charge on any atom is -0.493 e. The van der Waals surface area contributed by atoms with Crippen molar-refractivity contribution in [3.05, 3.63) is 83.5 Å². The summed E-state index contributed by atoms with van der Waals surface area (Å²) in [6, 6.07) is 17.2. The Labute approximate surface area is 190 Å². The molecule has 2 aromatic heterocycles. The van der Waals surface area contributed by atoms with Gasteiger partial charge in [0.2, 0.25) is 5.95 Å². The fourth-order valence-corrected chi connectivity index (χ4v) is 5.08. The highest BCUT2D eigenvalue weighted by atomic mass is 16.5. The largest absolute Gasteiger partial charge is 0.493 e. The monoisotopic (exact) mass is 441 g/mol. The summed E-state index contributed by atoms with van der Waals surface area (Å²) in [7, 11) is 3.24. The molecule has 0 amide bonds. The van der Waals surface area contributed by atoms with E-state index in [0.717, 1.165) is 39.6 Å². The molecule has 4 aromatic rings. The molecule has 0 spiro atoms. The van der Waals surface area contributed by atoms with Crippen molar-refractivity contribution in [3.63, 3.8) is 0 Å². The van der Waals surface area contributed by atoms with Gasteiger partial charge in [-0.3, -0.25) is 9.36 Å². The first-order valence-corrected chi connectivity index (χ1v) is 10.9. The molecular weight excluding hydrogens is 418 g/mol. The van der Waals surface area contributed by atoms with Crippen LogP contribution in [0.4, 0.5) is 5.95 Å². The van der Waals surface area contributed by atoms with Crippen LogP contribution in [0.1, 0.15) is 36.1 Å². The molecule has 2 aliphatic rings. The van der Waals surface area contributed by atoms with Crippen molar-refractivity contribution < 1.29 is 18.7 Å². The zero-order valence-corrected chi connectivity index (χ0v) is 18.4. The highest BCUT2D eigenvalue weighted by molar-refractivity contribution is 6.01. The molecule has 1 N–H and O–H groups in total. The van der Waals surface area contributed by atoms with Crippen LogP contribution in [-0.4, -0.2) is 29.6 Å². The number of nitrogens with one attached hydrogen (secondary N) is 1. The number of methoxy groups -OCH3 is 2. The van der Waals surface area contributed by atoms with E-state index in [9.17, 15) is 4.79 Å². The van der Waals surface area contributed by atoms with E-state index in [1.54, 1.807) is 20.5 Å². The summed E-state index contributed by atoms with van der Waals surface area (Å²) >= 11 is 0. The maximum Gasteiger partial charge on any atom is 0.209 e. The van der Waals surface area contributed by atoms with Crippen LogP contribution in [0.25, 0.3) is 11.0 Å². The Morgan fingerprint density at radius 1 is 1.03 bits per heavy atom.